The molecule has 6 heteroatoms. The fourth-order valence-electron chi connectivity index (χ4n) is 2.45. The summed E-state index contributed by atoms with van der Waals surface area (Å²) in [7, 11) is 0. The number of amides is 1. The van der Waals surface area contributed by atoms with Crippen LogP contribution in [0.5, 0.6) is 0 Å². The Morgan fingerprint density at radius 3 is 2.95 bits per heavy atom. The molecule has 1 amide bonds. The van der Waals surface area contributed by atoms with Crippen LogP contribution in [0.2, 0.25) is 0 Å². The van der Waals surface area contributed by atoms with E-state index >= 15 is 0 Å². The molecule has 1 saturated heterocycles. The lowest BCUT2D eigenvalue weighted by molar-refractivity contribution is -0.137. The molecule has 19 heavy (non-hydrogen) atoms. The highest BCUT2D eigenvalue weighted by molar-refractivity contribution is 5.91. The van der Waals surface area contributed by atoms with Crippen molar-refractivity contribution in [3.63, 3.8) is 0 Å². The van der Waals surface area contributed by atoms with Gasteiger partial charge in [-0.1, -0.05) is 0 Å². The number of likely N-dealkylation sites (tertiary alicyclic amines) is 1. The quantitative estimate of drug-likeness (QED) is 0.823. The lowest BCUT2D eigenvalue weighted by atomic mass is 9.93. The molecule has 1 fully saturated rings. The van der Waals surface area contributed by atoms with Crippen molar-refractivity contribution in [2.75, 3.05) is 26.3 Å². The third-order valence-electron chi connectivity index (χ3n) is 3.43. The molecule has 106 valence electrons. The van der Waals surface area contributed by atoms with Crippen molar-refractivity contribution in [1.29, 1.82) is 0 Å². The van der Waals surface area contributed by atoms with E-state index in [-0.39, 0.29) is 24.0 Å². The Morgan fingerprint density at radius 2 is 2.26 bits per heavy atom. The topological polar surface area (TPSA) is 76.1 Å². The van der Waals surface area contributed by atoms with Gasteiger partial charge in [0.25, 0.3) is 5.91 Å². The molecule has 6 nitrogen and oxygen atoms in total. The van der Waals surface area contributed by atoms with Gasteiger partial charge in [-0.3, -0.25) is 9.59 Å². The summed E-state index contributed by atoms with van der Waals surface area (Å²) in [5.41, 5.74) is 0. The van der Waals surface area contributed by atoms with E-state index in [1.165, 1.54) is 6.26 Å². The number of carboxylic acids is 1. The summed E-state index contributed by atoms with van der Waals surface area (Å²) >= 11 is 0. The third-order valence-corrected chi connectivity index (χ3v) is 3.43. The second-order valence-corrected chi connectivity index (χ2v) is 4.89. The SMILES string of the molecule is O=C(O)CCC1CCCN(C(=O)C2=COCCO2)C1. The maximum Gasteiger partial charge on any atom is 0.303 e. The van der Waals surface area contributed by atoms with Crippen LogP contribution in [0.1, 0.15) is 25.7 Å². The van der Waals surface area contributed by atoms with Gasteiger partial charge in [0.1, 0.15) is 19.5 Å². The summed E-state index contributed by atoms with van der Waals surface area (Å²) in [4.78, 5) is 24.5. The van der Waals surface area contributed by atoms with Gasteiger partial charge < -0.3 is 19.5 Å². The number of carbonyl (C=O) groups excluding carboxylic acids is 1. The van der Waals surface area contributed by atoms with Crippen LogP contribution in [0.3, 0.4) is 0 Å². The molecule has 1 atom stereocenters. The van der Waals surface area contributed by atoms with Crippen LogP contribution in [0.4, 0.5) is 0 Å². The highest BCUT2D eigenvalue weighted by atomic mass is 16.6. The first-order valence-corrected chi connectivity index (χ1v) is 6.62. The summed E-state index contributed by atoms with van der Waals surface area (Å²) in [5.74, 6) is -0.418. The van der Waals surface area contributed by atoms with Crippen molar-refractivity contribution in [1.82, 2.24) is 4.90 Å². The van der Waals surface area contributed by atoms with Gasteiger partial charge in [-0.25, -0.2) is 0 Å². The molecule has 0 bridgehead atoms. The van der Waals surface area contributed by atoms with Crippen molar-refractivity contribution in [2.45, 2.75) is 25.7 Å². The number of rotatable bonds is 4. The number of aliphatic carboxylic acids is 1. The molecule has 2 aliphatic rings. The maximum absolute atomic E-state index is 12.2. The fraction of sp³-hybridized carbons (Fsp3) is 0.692. The molecule has 0 spiro atoms. The molecule has 2 heterocycles. The number of hydrogen-bond donors (Lipinski definition) is 1. The molecule has 1 unspecified atom stereocenters. The van der Waals surface area contributed by atoms with Crippen LogP contribution < -0.4 is 0 Å². The third kappa shape index (κ3) is 3.87. The largest absolute Gasteiger partial charge is 0.494 e. The summed E-state index contributed by atoms with van der Waals surface area (Å²) in [6.45, 7) is 2.17. The number of hydrogen-bond acceptors (Lipinski definition) is 4. The average Bonchev–Trinajstić information content (AvgIpc) is 2.45. The Hall–Kier alpha value is -1.72. The molecule has 1 N–H and O–H groups in total. The second-order valence-electron chi connectivity index (χ2n) is 4.89. The minimum Gasteiger partial charge on any atom is -0.494 e. The number of carbonyl (C=O) groups is 2. The summed E-state index contributed by atoms with van der Waals surface area (Å²) in [6.07, 6.45) is 4.04. The van der Waals surface area contributed by atoms with Crippen LogP contribution in [-0.2, 0) is 19.1 Å². The van der Waals surface area contributed by atoms with Crippen LogP contribution in [0.15, 0.2) is 12.0 Å². The van der Waals surface area contributed by atoms with Gasteiger partial charge in [-0.15, -0.1) is 0 Å². The molecular formula is C13H19NO5. The first-order chi connectivity index (χ1) is 9.16. The molecule has 0 radical (unpaired) electrons. The molecular weight excluding hydrogens is 250 g/mol. The molecule has 0 aromatic carbocycles. The van der Waals surface area contributed by atoms with Crippen LogP contribution in [0.25, 0.3) is 0 Å². The monoisotopic (exact) mass is 269 g/mol. The standard InChI is InChI=1S/C13H19NO5/c15-12(16)4-3-10-2-1-5-14(8-10)13(17)11-9-18-6-7-19-11/h9-10H,1-8H2,(H,15,16). The van der Waals surface area contributed by atoms with E-state index < -0.39 is 5.97 Å². The number of piperidine rings is 1. The summed E-state index contributed by atoms with van der Waals surface area (Å²) in [5, 5.41) is 8.70. The predicted molar refractivity (Wildman–Crippen MR) is 66.2 cm³/mol. The Morgan fingerprint density at radius 1 is 1.42 bits per heavy atom. The van der Waals surface area contributed by atoms with Crippen molar-refractivity contribution in [2.24, 2.45) is 5.92 Å². The average molecular weight is 269 g/mol. The highest BCUT2D eigenvalue weighted by Crippen LogP contribution is 2.22. The van der Waals surface area contributed by atoms with Crippen LogP contribution >= 0.6 is 0 Å². The normalized spacial score (nSPS) is 23.1. The highest BCUT2D eigenvalue weighted by Gasteiger charge is 2.27. The van der Waals surface area contributed by atoms with E-state index in [4.69, 9.17) is 14.6 Å². The molecule has 2 rings (SSSR count). The van der Waals surface area contributed by atoms with Gasteiger partial charge in [0, 0.05) is 19.5 Å². The molecule has 0 saturated carbocycles. The molecule has 2 aliphatic heterocycles. The van der Waals surface area contributed by atoms with Crippen LogP contribution in [0, 0.1) is 5.92 Å². The van der Waals surface area contributed by atoms with E-state index in [9.17, 15) is 9.59 Å². The van der Waals surface area contributed by atoms with Gasteiger partial charge in [0.2, 0.25) is 5.76 Å². The Bertz CT molecular complexity index is 379. The second kappa shape index (κ2) is 6.45. The van der Waals surface area contributed by atoms with E-state index in [1.54, 1.807) is 4.90 Å². The van der Waals surface area contributed by atoms with Crippen molar-refractivity contribution < 1.29 is 24.2 Å². The molecule has 0 aromatic rings. The Labute approximate surface area is 112 Å². The zero-order chi connectivity index (χ0) is 13.7. The Balaban J connectivity index is 1.87. The van der Waals surface area contributed by atoms with Crippen molar-refractivity contribution >= 4 is 11.9 Å². The van der Waals surface area contributed by atoms with Gasteiger partial charge in [0.15, 0.2) is 0 Å². The van der Waals surface area contributed by atoms with Crippen molar-refractivity contribution in [3.05, 3.63) is 12.0 Å². The van der Waals surface area contributed by atoms with Gasteiger partial charge in [-0.05, 0) is 25.2 Å². The first-order valence-electron chi connectivity index (χ1n) is 6.62. The number of nitrogens with zero attached hydrogens (tertiary/aromatic N) is 1. The molecule has 0 aromatic heterocycles. The first kappa shape index (κ1) is 13.7. The lowest BCUT2D eigenvalue weighted by Crippen LogP contribution is -2.41. The lowest BCUT2D eigenvalue weighted by Gasteiger charge is -2.33. The number of ether oxygens (including phenoxy) is 2. The summed E-state index contributed by atoms with van der Waals surface area (Å²) < 4.78 is 10.4. The van der Waals surface area contributed by atoms with Crippen molar-refractivity contribution in [3.8, 4) is 0 Å². The Kier molecular flexibility index (Phi) is 4.65. The maximum atomic E-state index is 12.2. The van der Waals surface area contributed by atoms with Gasteiger partial charge in [0.05, 0.1) is 0 Å². The van der Waals surface area contributed by atoms with Crippen LogP contribution in [-0.4, -0.2) is 48.2 Å². The zero-order valence-corrected chi connectivity index (χ0v) is 10.8. The smallest absolute Gasteiger partial charge is 0.303 e. The van der Waals surface area contributed by atoms with Gasteiger partial charge >= 0.3 is 5.97 Å². The molecule has 0 aliphatic carbocycles. The van der Waals surface area contributed by atoms with E-state index in [0.717, 1.165) is 12.8 Å². The van der Waals surface area contributed by atoms with E-state index in [1.807, 2.05) is 0 Å². The van der Waals surface area contributed by atoms with E-state index in [2.05, 4.69) is 0 Å². The van der Waals surface area contributed by atoms with Gasteiger partial charge in [-0.2, -0.15) is 0 Å². The minimum atomic E-state index is -0.782. The predicted octanol–water partition coefficient (Wildman–Crippen LogP) is 0.978. The zero-order valence-electron chi connectivity index (χ0n) is 10.8. The number of carboxylic acid groups (broad SMARTS) is 1. The minimum absolute atomic E-state index is 0.153. The van der Waals surface area contributed by atoms with E-state index in [0.29, 0.717) is 32.7 Å². The fourth-order valence-corrected chi connectivity index (χ4v) is 2.45. The summed E-state index contributed by atoms with van der Waals surface area (Å²) in [6, 6.07) is 0.